The van der Waals surface area contributed by atoms with Crippen molar-refractivity contribution in [1.29, 1.82) is 0 Å². The van der Waals surface area contributed by atoms with E-state index in [4.69, 9.17) is 21.7 Å². The summed E-state index contributed by atoms with van der Waals surface area (Å²) in [4.78, 5) is 1.91. The van der Waals surface area contributed by atoms with E-state index in [1.165, 1.54) is 0 Å². The Morgan fingerprint density at radius 2 is 2.11 bits per heavy atom. The minimum atomic E-state index is 0.681. The Bertz CT molecular complexity index is 399. The molecule has 0 aliphatic carbocycles. The smallest absolute Gasteiger partial charge is 0.173 e. The van der Waals surface area contributed by atoms with E-state index in [0.717, 1.165) is 37.6 Å². The Balaban J connectivity index is 2.47. The molecule has 1 N–H and O–H groups in total. The van der Waals surface area contributed by atoms with E-state index < -0.39 is 0 Å². The maximum atomic E-state index is 5.36. The van der Waals surface area contributed by atoms with Crippen molar-refractivity contribution in [2.24, 2.45) is 0 Å². The number of benzene rings is 1. The lowest BCUT2D eigenvalue weighted by atomic mass is 10.3. The number of ether oxygens (including phenoxy) is 2. The second-order valence-electron chi connectivity index (χ2n) is 4.01. The van der Waals surface area contributed by atoms with E-state index in [2.05, 4.69) is 5.32 Å². The number of anilines is 1. The zero-order valence-corrected chi connectivity index (χ0v) is 12.6. The first-order chi connectivity index (χ1) is 9.20. The van der Waals surface area contributed by atoms with Crippen molar-refractivity contribution < 1.29 is 9.47 Å². The molecule has 0 bridgehead atoms. The van der Waals surface area contributed by atoms with Gasteiger partial charge in [-0.25, -0.2) is 0 Å². The Morgan fingerprint density at radius 3 is 2.79 bits per heavy atom. The Labute approximate surface area is 120 Å². The lowest BCUT2D eigenvalue weighted by Crippen LogP contribution is -2.37. The van der Waals surface area contributed by atoms with Gasteiger partial charge in [-0.1, -0.05) is 12.1 Å². The van der Waals surface area contributed by atoms with E-state index in [9.17, 15) is 0 Å². The number of thiocarbonyl (C=S) groups is 1. The summed E-state index contributed by atoms with van der Waals surface area (Å²) < 4.78 is 10.6. The fraction of sp³-hybridized carbons (Fsp3) is 0.500. The molecule has 0 aliphatic rings. The summed E-state index contributed by atoms with van der Waals surface area (Å²) in [7, 11) is 3.58. The van der Waals surface area contributed by atoms with Crippen molar-refractivity contribution in [2.45, 2.75) is 13.3 Å². The highest BCUT2D eigenvalue weighted by Gasteiger charge is 2.10. The molecule has 0 radical (unpaired) electrons. The zero-order valence-electron chi connectivity index (χ0n) is 11.8. The first-order valence-electron chi connectivity index (χ1n) is 6.43. The molecule has 0 unspecified atom stereocenters. The molecule has 106 valence electrons. The molecule has 1 aromatic rings. The van der Waals surface area contributed by atoms with Crippen molar-refractivity contribution in [3.05, 3.63) is 24.3 Å². The Hall–Kier alpha value is -1.33. The van der Waals surface area contributed by atoms with E-state index in [1.807, 2.05) is 43.1 Å². The van der Waals surface area contributed by atoms with Crippen LogP contribution in [0.1, 0.15) is 13.3 Å². The van der Waals surface area contributed by atoms with Gasteiger partial charge in [0.2, 0.25) is 0 Å². The van der Waals surface area contributed by atoms with Gasteiger partial charge in [0.05, 0.1) is 12.8 Å². The third-order valence-corrected chi connectivity index (χ3v) is 3.12. The summed E-state index contributed by atoms with van der Waals surface area (Å²) in [6.07, 6.45) is 0.938. The largest absolute Gasteiger partial charge is 0.495 e. The molecule has 1 rings (SSSR count). The van der Waals surface area contributed by atoms with Crippen molar-refractivity contribution in [2.75, 3.05) is 38.8 Å². The number of methoxy groups -OCH3 is 1. The molecule has 4 nitrogen and oxygen atoms in total. The lowest BCUT2D eigenvalue weighted by Gasteiger charge is -2.23. The van der Waals surface area contributed by atoms with Crippen molar-refractivity contribution >= 4 is 23.0 Å². The minimum absolute atomic E-state index is 0.681. The molecule has 0 atom stereocenters. The number of para-hydroxylation sites is 2. The highest BCUT2D eigenvalue weighted by Crippen LogP contribution is 2.26. The van der Waals surface area contributed by atoms with Crippen LogP contribution in [0.4, 0.5) is 5.69 Å². The van der Waals surface area contributed by atoms with Gasteiger partial charge in [0.25, 0.3) is 0 Å². The van der Waals surface area contributed by atoms with Crippen LogP contribution in [0, 0.1) is 0 Å². The highest BCUT2D eigenvalue weighted by atomic mass is 32.1. The van der Waals surface area contributed by atoms with Crippen LogP contribution in [0.5, 0.6) is 5.75 Å². The van der Waals surface area contributed by atoms with Gasteiger partial charge in [-0.15, -0.1) is 0 Å². The first-order valence-corrected chi connectivity index (χ1v) is 6.83. The summed E-state index contributed by atoms with van der Waals surface area (Å²) in [5, 5.41) is 3.89. The van der Waals surface area contributed by atoms with E-state index >= 15 is 0 Å². The second kappa shape index (κ2) is 8.72. The average Bonchev–Trinajstić information content (AvgIpc) is 2.46. The van der Waals surface area contributed by atoms with Crippen LogP contribution >= 0.6 is 12.2 Å². The van der Waals surface area contributed by atoms with E-state index in [0.29, 0.717) is 5.11 Å². The predicted octanol–water partition coefficient (Wildman–Crippen LogP) is 2.43. The van der Waals surface area contributed by atoms with Crippen molar-refractivity contribution in [3.63, 3.8) is 0 Å². The van der Waals surface area contributed by atoms with Crippen LogP contribution in [-0.4, -0.2) is 39.0 Å². The SMILES string of the molecule is CCOCCCNC(=S)N(C)c1ccccc1OC. The molecule has 0 saturated carbocycles. The summed E-state index contributed by atoms with van der Waals surface area (Å²) in [5.41, 5.74) is 0.951. The van der Waals surface area contributed by atoms with Gasteiger partial charge in [0.1, 0.15) is 5.75 Å². The molecule has 1 aromatic carbocycles. The molecule has 0 saturated heterocycles. The van der Waals surface area contributed by atoms with Gasteiger partial charge >= 0.3 is 0 Å². The van der Waals surface area contributed by atoms with Crippen LogP contribution in [0.3, 0.4) is 0 Å². The molecular weight excluding hydrogens is 260 g/mol. The van der Waals surface area contributed by atoms with Crippen LogP contribution in [-0.2, 0) is 4.74 Å². The van der Waals surface area contributed by atoms with Gasteiger partial charge in [0, 0.05) is 26.8 Å². The van der Waals surface area contributed by atoms with Gasteiger partial charge in [-0.2, -0.15) is 0 Å². The van der Waals surface area contributed by atoms with E-state index in [1.54, 1.807) is 7.11 Å². The van der Waals surface area contributed by atoms with Crippen LogP contribution in [0.15, 0.2) is 24.3 Å². The summed E-state index contributed by atoms with van der Waals surface area (Å²) in [6.45, 7) is 4.31. The quantitative estimate of drug-likeness (QED) is 0.613. The fourth-order valence-electron chi connectivity index (χ4n) is 1.65. The van der Waals surface area contributed by atoms with Gasteiger partial charge in [-0.05, 0) is 37.7 Å². The standard InChI is InChI=1S/C14H22N2O2S/c1-4-18-11-7-10-15-14(19)16(2)12-8-5-6-9-13(12)17-3/h5-6,8-9H,4,7,10-11H2,1-3H3,(H,15,19). The van der Waals surface area contributed by atoms with Crippen molar-refractivity contribution in [3.8, 4) is 5.75 Å². The lowest BCUT2D eigenvalue weighted by molar-refractivity contribution is 0.146. The molecule has 0 aromatic heterocycles. The molecule has 19 heavy (non-hydrogen) atoms. The summed E-state index contributed by atoms with van der Waals surface area (Å²) in [5.74, 6) is 0.809. The molecular formula is C14H22N2O2S. The summed E-state index contributed by atoms with van der Waals surface area (Å²) in [6, 6.07) is 7.80. The number of hydrogen-bond donors (Lipinski definition) is 1. The maximum absolute atomic E-state index is 5.36. The maximum Gasteiger partial charge on any atom is 0.173 e. The first kappa shape index (κ1) is 15.7. The molecule has 5 heteroatoms. The van der Waals surface area contributed by atoms with Gasteiger partial charge in [0.15, 0.2) is 5.11 Å². The minimum Gasteiger partial charge on any atom is -0.495 e. The Morgan fingerprint density at radius 1 is 1.37 bits per heavy atom. The molecule has 0 heterocycles. The second-order valence-corrected chi connectivity index (χ2v) is 4.40. The third kappa shape index (κ3) is 5.04. The number of nitrogens with zero attached hydrogens (tertiary/aromatic N) is 1. The van der Waals surface area contributed by atoms with Crippen LogP contribution < -0.4 is 15.0 Å². The zero-order chi connectivity index (χ0) is 14.1. The molecule has 0 amide bonds. The van der Waals surface area contributed by atoms with Crippen LogP contribution in [0.2, 0.25) is 0 Å². The normalized spacial score (nSPS) is 10.1. The number of hydrogen-bond acceptors (Lipinski definition) is 3. The molecule has 0 aliphatic heterocycles. The molecule has 0 spiro atoms. The van der Waals surface area contributed by atoms with Crippen LogP contribution in [0.25, 0.3) is 0 Å². The van der Waals surface area contributed by atoms with Gasteiger partial charge < -0.3 is 19.7 Å². The summed E-state index contributed by atoms with van der Waals surface area (Å²) >= 11 is 5.36. The van der Waals surface area contributed by atoms with E-state index in [-0.39, 0.29) is 0 Å². The van der Waals surface area contributed by atoms with Gasteiger partial charge in [-0.3, -0.25) is 0 Å². The Kier molecular flexibility index (Phi) is 7.22. The topological polar surface area (TPSA) is 33.7 Å². The fourth-order valence-corrected chi connectivity index (χ4v) is 1.85. The third-order valence-electron chi connectivity index (χ3n) is 2.70. The highest BCUT2D eigenvalue weighted by molar-refractivity contribution is 7.80. The number of nitrogens with one attached hydrogen (secondary N) is 1. The predicted molar refractivity (Wildman–Crippen MR) is 83.1 cm³/mol. The monoisotopic (exact) mass is 282 g/mol. The molecule has 0 fully saturated rings. The average molecular weight is 282 g/mol. The number of rotatable bonds is 7. The van der Waals surface area contributed by atoms with Crippen molar-refractivity contribution in [1.82, 2.24) is 5.32 Å².